The minimum absolute atomic E-state index is 0.126. The Hall–Kier alpha value is -3.21. The van der Waals surface area contributed by atoms with Gasteiger partial charge in [0.25, 0.3) is 5.91 Å². The van der Waals surface area contributed by atoms with Crippen LogP contribution < -0.4 is 10.5 Å². The fourth-order valence-corrected chi connectivity index (χ4v) is 2.10. The molecule has 0 saturated heterocycles. The van der Waals surface area contributed by atoms with Crippen LogP contribution in [0.15, 0.2) is 65.8 Å². The molecule has 1 aromatic heterocycles. The number of rotatable bonds is 5. The number of nitrogens with two attached hydrogens (primary N) is 1. The van der Waals surface area contributed by atoms with Gasteiger partial charge in [0, 0.05) is 17.8 Å². The van der Waals surface area contributed by atoms with E-state index in [1.165, 1.54) is 0 Å². The molecule has 3 rings (SSSR count). The number of hydrogen-bond acceptors (Lipinski definition) is 4. The maximum absolute atomic E-state index is 10.7. The summed E-state index contributed by atoms with van der Waals surface area (Å²) < 4.78 is 5.21. The van der Waals surface area contributed by atoms with Crippen molar-refractivity contribution < 1.29 is 9.53 Å². The van der Waals surface area contributed by atoms with Crippen molar-refractivity contribution in [2.45, 2.75) is 0 Å². The zero-order valence-electron chi connectivity index (χ0n) is 12.3. The summed E-state index contributed by atoms with van der Waals surface area (Å²) in [4.78, 5) is 19.4. The van der Waals surface area contributed by atoms with E-state index in [0.29, 0.717) is 5.75 Å². The molecule has 0 aliphatic carbocycles. The molecular formula is C18H15N3O2. The van der Waals surface area contributed by atoms with Gasteiger partial charge < -0.3 is 10.5 Å². The number of nitrogens with zero attached hydrogens (tertiary/aromatic N) is 2. The molecule has 0 bridgehead atoms. The molecular weight excluding hydrogens is 290 g/mol. The molecule has 1 heterocycles. The molecule has 0 aliphatic heterocycles. The maximum atomic E-state index is 10.7. The van der Waals surface area contributed by atoms with Crippen molar-refractivity contribution in [1.29, 1.82) is 0 Å². The first-order valence-corrected chi connectivity index (χ1v) is 7.11. The van der Waals surface area contributed by atoms with E-state index >= 15 is 0 Å². The van der Waals surface area contributed by atoms with Crippen molar-refractivity contribution in [2.75, 3.05) is 6.61 Å². The second-order valence-electron chi connectivity index (χ2n) is 4.96. The molecule has 114 valence electrons. The number of ether oxygens (including phenoxy) is 1. The van der Waals surface area contributed by atoms with E-state index in [0.717, 1.165) is 22.2 Å². The van der Waals surface area contributed by atoms with Gasteiger partial charge in [-0.05, 0) is 54.1 Å². The maximum Gasteiger partial charge on any atom is 0.255 e. The van der Waals surface area contributed by atoms with Gasteiger partial charge >= 0.3 is 0 Å². The van der Waals surface area contributed by atoms with Gasteiger partial charge in [0.05, 0.1) is 11.2 Å². The number of carbonyl (C=O) groups excluding carboxylic acids is 1. The van der Waals surface area contributed by atoms with Gasteiger partial charge in [0.15, 0.2) is 6.61 Å². The second-order valence-corrected chi connectivity index (χ2v) is 4.96. The van der Waals surface area contributed by atoms with Gasteiger partial charge in [0.1, 0.15) is 5.75 Å². The van der Waals surface area contributed by atoms with Crippen LogP contribution in [0.4, 0.5) is 5.69 Å². The number of aromatic nitrogens is 1. The summed E-state index contributed by atoms with van der Waals surface area (Å²) in [7, 11) is 0. The molecule has 0 spiro atoms. The van der Waals surface area contributed by atoms with E-state index in [1.807, 2.05) is 42.5 Å². The van der Waals surface area contributed by atoms with Gasteiger partial charge in [-0.15, -0.1) is 0 Å². The Balaban J connectivity index is 1.72. The van der Waals surface area contributed by atoms with E-state index in [9.17, 15) is 4.79 Å². The average molecular weight is 305 g/mol. The third-order valence-electron chi connectivity index (χ3n) is 3.21. The van der Waals surface area contributed by atoms with Crippen LogP contribution in [0.25, 0.3) is 10.9 Å². The number of primary amides is 1. The van der Waals surface area contributed by atoms with Crippen LogP contribution in [0.5, 0.6) is 5.75 Å². The summed E-state index contributed by atoms with van der Waals surface area (Å²) in [5, 5.41) is 1.05. The smallest absolute Gasteiger partial charge is 0.255 e. The van der Waals surface area contributed by atoms with Crippen molar-refractivity contribution in [3.63, 3.8) is 0 Å². The lowest BCUT2D eigenvalue weighted by Crippen LogP contribution is -2.19. The second kappa shape index (κ2) is 6.70. The highest BCUT2D eigenvalue weighted by atomic mass is 16.5. The zero-order chi connectivity index (χ0) is 16.1. The first-order chi connectivity index (χ1) is 11.2. The molecule has 3 aromatic rings. The van der Waals surface area contributed by atoms with E-state index in [4.69, 9.17) is 10.5 Å². The Morgan fingerprint density at radius 2 is 2.00 bits per heavy atom. The van der Waals surface area contributed by atoms with Crippen molar-refractivity contribution in [3.05, 3.63) is 66.4 Å². The first kappa shape index (κ1) is 14.7. The van der Waals surface area contributed by atoms with Gasteiger partial charge in [0.2, 0.25) is 0 Å². The number of aliphatic imine (C=N–C) groups is 1. The number of hydrogen-bond donors (Lipinski definition) is 1. The van der Waals surface area contributed by atoms with Crippen molar-refractivity contribution >= 4 is 28.7 Å². The van der Waals surface area contributed by atoms with Crippen LogP contribution in [-0.4, -0.2) is 23.7 Å². The molecule has 0 aliphatic rings. The quantitative estimate of drug-likeness (QED) is 0.736. The van der Waals surface area contributed by atoms with Crippen LogP contribution in [0, 0.1) is 0 Å². The summed E-state index contributed by atoms with van der Waals surface area (Å²) in [6.07, 6.45) is 3.54. The van der Waals surface area contributed by atoms with Gasteiger partial charge in [-0.1, -0.05) is 6.07 Å². The number of amides is 1. The van der Waals surface area contributed by atoms with Gasteiger partial charge in [-0.25, -0.2) is 0 Å². The monoisotopic (exact) mass is 305 g/mol. The highest BCUT2D eigenvalue weighted by Gasteiger charge is 1.98. The first-order valence-electron chi connectivity index (χ1n) is 7.11. The van der Waals surface area contributed by atoms with Crippen LogP contribution in [0.2, 0.25) is 0 Å². The Labute approximate surface area is 133 Å². The van der Waals surface area contributed by atoms with Crippen LogP contribution >= 0.6 is 0 Å². The Morgan fingerprint density at radius 1 is 1.17 bits per heavy atom. The van der Waals surface area contributed by atoms with Crippen LogP contribution in [-0.2, 0) is 4.79 Å². The summed E-state index contributed by atoms with van der Waals surface area (Å²) in [5.74, 6) is 0.0964. The molecule has 2 N–H and O–H groups in total. The summed E-state index contributed by atoms with van der Waals surface area (Å²) in [6, 6.07) is 17.0. The third kappa shape index (κ3) is 3.91. The standard InChI is InChI=1S/C18H15N3O2/c19-18(22)12-23-16-6-3-13(4-7-16)11-21-15-5-8-17-14(10-15)2-1-9-20-17/h1-11H,12H2,(H2,19,22). The van der Waals surface area contributed by atoms with E-state index in [-0.39, 0.29) is 6.61 Å². The van der Waals surface area contributed by atoms with Crippen LogP contribution in [0.1, 0.15) is 5.56 Å². The largest absolute Gasteiger partial charge is 0.484 e. The molecule has 0 fully saturated rings. The topological polar surface area (TPSA) is 77.6 Å². The zero-order valence-corrected chi connectivity index (χ0v) is 12.3. The van der Waals surface area contributed by atoms with Crippen LogP contribution in [0.3, 0.4) is 0 Å². The highest BCUT2D eigenvalue weighted by Crippen LogP contribution is 2.19. The number of benzene rings is 2. The molecule has 0 radical (unpaired) electrons. The van der Waals surface area contributed by atoms with Crippen molar-refractivity contribution in [2.24, 2.45) is 10.7 Å². The fraction of sp³-hybridized carbons (Fsp3) is 0.0556. The molecule has 5 heteroatoms. The van der Waals surface area contributed by atoms with E-state index in [2.05, 4.69) is 9.98 Å². The Bertz CT molecular complexity index is 858. The lowest BCUT2D eigenvalue weighted by Gasteiger charge is -2.03. The van der Waals surface area contributed by atoms with Crippen molar-refractivity contribution in [3.8, 4) is 5.75 Å². The molecule has 0 atom stereocenters. The Morgan fingerprint density at radius 3 is 2.78 bits per heavy atom. The number of carbonyl (C=O) groups is 1. The predicted molar refractivity (Wildman–Crippen MR) is 90.1 cm³/mol. The lowest BCUT2D eigenvalue weighted by atomic mass is 10.2. The lowest BCUT2D eigenvalue weighted by molar-refractivity contribution is -0.119. The number of fused-ring (bicyclic) bond motifs is 1. The fourth-order valence-electron chi connectivity index (χ4n) is 2.10. The van der Waals surface area contributed by atoms with Gasteiger partial charge in [-0.3, -0.25) is 14.8 Å². The summed E-state index contributed by atoms with van der Waals surface area (Å²) in [5.41, 5.74) is 7.77. The number of pyridine rings is 1. The molecule has 0 unspecified atom stereocenters. The average Bonchev–Trinajstić information content (AvgIpc) is 2.59. The molecule has 1 amide bonds. The SMILES string of the molecule is NC(=O)COc1ccc(C=Nc2ccc3ncccc3c2)cc1. The van der Waals surface area contributed by atoms with E-state index in [1.54, 1.807) is 24.5 Å². The van der Waals surface area contributed by atoms with Gasteiger partial charge in [-0.2, -0.15) is 0 Å². The minimum Gasteiger partial charge on any atom is -0.484 e. The minimum atomic E-state index is -0.499. The highest BCUT2D eigenvalue weighted by molar-refractivity contribution is 5.85. The molecule has 5 nitrogen and oxygen atoms in total. The predicted octanol–water partition coefficient (Wildman–Crippen LogP) is 2.85. The third-order valence-corrected chi connectivity index (χ3v) is 3.21. The molecule has 23 heavy (non-hydrogen) atoms. The van der Waals surface area contributed by atoms with E-state index < -0.39 is 5.91 Å². The summed E-state index contributed by atoms with van der Waals surface area (Å²) >= 11 is 0. The summed E-state index contributed by atoms with van der Waals surface area (Å²) in [6.45, 7) is -0.126. The van der Waals surface area contributed by atoms with Crippen molar-refractivity contribution in [1.82, 2.24) is 4.98 Å². The molecule has 0 saturated carbocycles. The normalized spacial score (nSPS) is 11.0. The molecule has 2 aromatic carbocycles. The Kier molecular flexibility index (Phi) is 4.29.